The minimum atomic E-state index is -0.669. The molecule has 142 valence electrons. The van der Waals surface area contributed by atoms with Crippen LogP contribution in [0, 0.1) is 6.92 Å². The minimum Gasteiger partial charge on any atom is -0.326 e. The van der Waals surface area contributed by atoms with Crippen molar-refractivity contribution in [2.24, 2.45) is 0 Å². The molecule has 0 aromatic heterocycles. The van der Waals surface area contributed by atoms with Gasteiger partial charge in [-0.25, -0.2) is 0 Å². The molecular weight excluding hydrogens is 372 g/mol. The zero-order valence-corrected chi connectivity index (χ0v) is 16.3. The van der Waals surface area contributed by atoms with Gasteiger partial charge in [0, 0.05) is 23.8 Å². The van der Waals surface area contributed by atoms with Gasteiger partial charge in [-0.2, -0.15) is 0 Å². The third-order valence-corrected chi connectivity index (χ3v) is 4.59. The van der Waals surface area contributed by atoms with Crippen LogP contribution in [0.3, 0.4) is 0 Å². The highest BCUT2D eigenvalue weighted by Crippen LogP contribution is 2.20. The van der Waals surface area contributed by atoms with Gasteiger partial charge in [-0.15, -0.1) is 0 Å². The molecule has 4 nitrogen and oxygen atoms in total. The maximum Gasteiger partial charge on any atom is 0.313 e. The molecule has 0 atom stereocenters. The van der Waals surface area contributed by atoms with Crippen LogP contribution in [0.4, 0.5) is 5.69 Å². The van der Waals surface area contributed by atoms with E-state index in [1.807, 2.05) is 67.6 Å². The monoisotopic (exact) mass is 392 g/mol. The van der Waals surface area contributed by atoms with E-state index < -0.39 is 11.8 Å². The molecule has 0 bridgehead atoms. The van der Waals surface area contributed by atoms with Crippen LogP contribution in [0.1, 0.15) is 16.7 Å². The molecule has 0 fully saturated rings. The minimum absolute atomic E-state index is 0.349. The Labute approximate surface area is 169 Å². The first-order valence-corrected chi connectivity index (χ1v) is 9.35. The highest BCUT2D eigenvalue weighted by molar-refractivity contribution is 6.39. The molecule has 5 heteroatoms. The maximum atomic E-state index is 12.9. The number of hydrogen-bond acceptors (Lipinski definition) is 2. The Hall–Kier alpha value is -3.11. The van der Waals surface area contributed by atoms with E-state index in [1.165, 1.54) is 0 Å². The number of carbonyl (C=O) groups excluding carboxylic acids is 2. The normalized spacial score (nSPS) is 10.4. The van der Waals surface area contributed by atoms with Crippen LogP contribution in [0.15, 0.2) is 78.9 Å². The van der Waals surface area contributed by atoms with E-state index in [0.29, 0.717) is 23.8 Å². The summed E-state index contributed by atoms with van der Waals surface area (Å²) in [6, 6.07) is 24.4. The van der Waals surface area contributed by atoms with Crippen molar-refractivity contribution in [3.05, 3.63) is 101 Å². The van der Waals surface area contributed by atoms with E-state index in [2.05, 4.69) is 5.32 Å². The summed E-state index contributed by atoms with van der Waals surface area (Å²) in [5.74, 6) is -1.25. The van der Waals surface area contributed by atoms with Gasteiger partial charge in [0.2, 0.25) is 0 Å². The molecule has 0 aliphatic carbocycles. The molecule has 0 spiro atoms. The first-order valence-electron chi connectivity index (χ1n) is 8.97. The van der Waals surface area contributed by atoms with Crippen LogP contribution in [0.2, 0.25) is 5.02 Å². The van der Waals surface area contributed by atoms with Gasteiger partial charge in [-0.1, -0.05) is 72.3 Å². The summed E-state index contributed by atoms with van der Waals surface area (Å²) < 4.78 is 0. The molecule has 3 rings (SSSR count). The number of aryl methyl sites for hydroxylation is 1. The summed E-state index contributed by atoms with van der Waals surface area (Å²) in [4.78, 5) is 27.1. The number of hydrogen-bond donors (Lipinski definition) is 1. The van der Waals surface area contributed by atoms with E-state index in [9.17, 15) is 9.59 Å². The number of anilines is 1. The van der Waals surface area contributed by atoms with Crippen molar-refractivity contribution >= 4 is 29.1 Å². The number of nitrogens with zero attached hydrogens (tertiary/aromatic N) is 1. The second kappa shape index (κ2) is 9.20. The van der Waals surface area contributed by atoms with Crippen LogP contribution in [-0.2, 0) is 22.7 Å². The van der Waals surface area contributed by atoms with Gasteiger partial charge in [-0.3, -0.25) is 9.59 Å². The Balaban J connectivity index is 1.79. The molecule has 0 heterocycles. The van der Waals surface area contributed by atoms with Crippen molar-refractivity contribution in [1.82, 2.24) is 4.90 Å². The number of amides is 2. The highest BCUT2D eigenvalue weighted by Gasteiger charge is 2.23. The number of nitrogens with one attached hydrogen (secondary N) is 1. The zero-order valence-electron chi connectivity index (χ0n) is 15.6. The van der Waals surface area contributed by atoms with Crippen LogP contribution in [-0.4, -0.2) is 16.7 Å². The molecule has 2 amide bonds. The van der Waals surface area contributed by atoms with Gasteiger partial charge in [0.15, 0.2) is 0 Å². The van der Waals surface area contributed by atoms with Gasteiger partial charge in [0.05, 0.1) is 0 Å². The second-order valence-corrected chi connectivity index (χ2v) is 6.98. The average molecular weight is 393 g/mol. The molecule has 28 heavy (non-hydrogen) atoms. The molecule has 0 aliphatic rings. The SMILES string of the molecule is Cc1cc(Cl)ccc1NC(=O)C(=O)N(Cc1ccccc1)Cc1ccccc1. The molecule has 0 saturated heterocycles. The smallest absolute Gasteiger partial charge is 0.313 e. The Morgan fingerprint density at radius 1 is 0.857 bits per heavy atom. The fraction of sp³-hybridized carbons (Fsp3) is 0.130. The quantitative estimate of drug-likeness (QED) is 0.633. The Bertz CT molecular complexity index is 917. The summed E-state index contributed by atoms with van der Waals surface area (Å²) in [7, 11) is 0. The average Bonchev–Trinajstić information content (AvgIpc) is 2.70. The first kappa shape index (κ1) is 19.6. The van der Waals surface area contributed by atoms with Crippen molar-refractivity contribution < 1.29 is 9.59 Å². The van der Waals surface area contributed by atoms with E-state index in [-0.39, 0.29) is 0 Å². The topological polar surface area (TPSA) is 49.4 Å². The van der Waals surface area contributed by atoms with Crippen LogP contribution in [0.5, 0.6) is 0 Å². The molecule has 0 unspecified atom stereocenters. The van der Waals surface area contributed by atoms with Gasteiger partial charge < -0.3 is 10.2 Å². The second-order valence-electron chi connectivity index (χ2n) is 6.55. The van der Waals surface area contributed by atoms with Crippen molar-refractivity contribution in [3.63, 3.8) is 0 Å². The Morgan fingerprint density at radius 2 is 1.39 bits per heavy atom. The molecule has 3 aromatic carbocycles. The van der Waals surface area contributed by atoms with Gasteiger partial charge in [-0.05, 0) is 41.8 Å². The summed E-state index contributed by atoms with van der Waals surface area (Å²) in [6.07, 6.45) is 0. The van der Waals surface area contributed by atoms with Crippen molar-refractivity contribution in [2.75, 3.05) is 5.32 Å². The van der Waals surface area contributed by atoms with Gasteiger partial charge in [0.1, 0.15) is 0 Å². The number of benzene rings is 3. The molecule has 3 aromatic rings. The summed E-state index contributed by atoms with van der Waals surface area (Å²) in [5, 5.41) is 3.28. The Morgan fingerprint density at radius 3 is 1.89 bits per heavy atom. The highest BCUT2D eigenvalue weighted by atomic mass is 35.5. The van der Waals surface area contributed by atoms with Crippen LogP contribution >= 0.6 is 11.6 Å². The summed E-state index contributed by atoms with van der Waals surface area (Å²) in [6.45, 7) is 2.53. The molecule has 0 radical (unpaired) electrons. The third kappa shape index (κ3) is 5.21. The lowest BCUT2D eigenvalue weighted by Crippen LogP contribution is -2.39. The number of carbonyl (C=O) groups is 2. The molecule has 0 aliphatic heterocycles. The van der Waals surface area contributed by atoms with Gasteiger partial charge >= 0.3 is 11.8 Å². The zero-order chi connectivity index (χ0) is 19.9. The molecular formula is C23H21ClN2O2. The molecule has 0 saturated carbocycles. The predicted octanol–water partition coefficient (Wildman–Crippen LogP) is 4.82. The van der Waals surface area contributed by atoms with Crippen molar-refractivity contribution in [1.29, 1.82) is 0 Å². The molecule has 1 N–H and O–H groups in total. The van der Waals surface area contributed by atoms with Crippen LogP contribution in [0.25, 0.3) is 0 Å². The number of rotatable bonds is 5. The van der Waals surface area contributed by atoms with Crippen LogP contribution < -0.4 is 5.32 Å². The number of halogens is 1. The van der Waals surface area contributed by atoms with Crippen molar-refractivity contribution in [3.8, 4) is 0 Å². The summed E-state index contributed by atoms with van der Waals surface area (Å²) >= 11 is 5.96. The van der Waals surface area contributed by atoms with E-state index in [0.717, 1.165) is 16.7 Å². The lowest BCUT2D eigenvalue weighted by molar-refractivity contribution is -0.144. The lowest BCUT2D eigenvalue weighted by Gasteiger charge is -2.23. The summed E-state index contributed by atoms with van der Waals surface area (Å²) in [5.41, 5.74) is 3.29. The first-order chi connectivity index (χ1) is 13.5. The maximum absolute atomic E-state index is 12.9. The predicted molar refractivity (Wildman–Crippen MR) is 112 cm³/mol. The van der Waals surface area contributed by atoms with E-state index in [4.69, 9.17) is 11.6 Å². The fourth-order valence-electron chi connectivity index (χ4n) is 2.89. The van der Waals surface area contributed by atoms with Crippen molar-refractivity contribution in [2.45, 2.75) is 20.0 Å². The largest absolute Gasteiger partial charge is 0.326 e. The fourth-order valence-corrected chi connectivity index (χ4v) is 3.12. The van der Waals surface area contributed by atoms with Gasteiger partial charge in [0.25, 0.3) is 0 Å². The van der Waals surface area contributed by atoms with E-state index >= 15 is 0 Å². The standard InChI is InChI=1S/C23H21ClN2O2/c1-17-14-20(24)12-13-21(17)25-22(27)23(28)26(15-18-8-4-2-5-9-18)16-19-10-6-3-7-11-19/h2-14H,15-16H2,1H3,(H,25,27). The van der Waals surface area contributed by atoms with E-state index in [1.54, 1.807) is 23.1 Å². The third-order valence-electron chi connectivity index (χ3n) is 4.35. The Kier molecular flexibility index (Phi) is 6.45. The lowest BCUT2D eigenvalue weighted by atomic mass is 10.1.